The monoisotopic (exact) mass is 173 g/mol. The Labute approximate surface area is 73.9 Å². The second-order valence-corrected chi connectivity index (χ2v) is 3.59. The van der Waals surface area contributed by atoms with Crippen molar-refractivity contribution in [3.05, 3.63) is 0 Å². The maximum Gasteiger partial charge on any atom is 0.0619 e. The van der Waals surface area contributed by atoms with Crippen LogP contribution in [0.15, 0.2) is 0 Å². The van der Waals surface area contributed by atoms with E-state index in [4.69, 9.17) is 15.6 Å². The summed E-state index contributed by atoms with van der Waals surface area (Å²) in [5, 5.41) is 8.83. The van der Waals surface area contributed by atoms with Crippen LogP contribution in [0, 0.1) is 5.92 Å². The molecular formula is C9H19NO2. The molecule has 1 heterocycles. The van der Waals surface area contributed by atoms with Crippen molar-refractivity contribution in [3.8, 4) is 0 Å². The first-order valence-corrected chi connectivity index (χ1v) is 4.73. The van der Waals surface area contributed by atoms with E-state index in [1.807, 2.05) is 6.92 Å². The molecule has 3 unspecified atom stereocenters. The average Bonchev–Trinajstić information content (AvgIpc) is 2.51. The van der Waals surface area contributed by atoms with Crippen molar-refractivity contribution in [2.45, 2.75) is 38.3 Å². The number of aliphatic hydroxyl groups is 1. The highest BCUT2D eigenvalue weighted by Gasteiger charge is 2.27. The summed E-state index contributed by atoms with van der Waals surface area (Å²) in [4.78, 5) is 0. The van der Waals surface area contributed by atoms with Gasteiger partial charge >= 0.3 is 0 Å². The van der Waals surface area contributed by atoms with Gasteiger partial charge < -0.3 is 15.6 Å². The third-order valence-corrected chi connectivity index (χ3v) is 2.58. The Bertz CT molecular complexity index is 122. The molecule has 0 amide bonds. The van der Waals surface area contributed by atoms with E-state index < -0.39 is 0 Å². The van der Waals surface area contributed by atoms with Crippen LogP contribution in [-0.4, -0.2) is 30.5 Å². The maximum atomic E-state index is 8.83. The Morgan fingerprint density at radius 2 is 2.42 bits per heavy atom. The molecule has 12 heavy (non-hydrogen) atoms. The van der Waals surface area contributed by atoms with Gasteiger partial charge in [0.1, 0.15) is 0 Å². The predicted octanol–water partition coefficient (Wildman–Crippen LogP) is 0.511. The van der Waals surface area contributed by atoms with Gasteiger partial charge in [0.25, 0.3) is 0 Å². The lowest BCUT2D eigenvalue weighted by molar-refractivity contribution is 0.0435. The minimum absolute atomic E-state index is 0.125. The summed E-state index contributed by atoms with van der Waals surface area (Å²) in [6.07, 6.45) is 3.30. The fourth-order valence-corrected chi connectivity index (χ4v) is 1.88. The topological polar surface area (TPSA) is 55.5 Å². The molecule has 0 bridgehead atoms. The van der Waals surface area contributed by atoms with Gasteiger partial charge in [-0.15, -0.1) is 0 Å². The van der Waals surface area contributed by atoms with Crippen LogP contribution in [0.5, 0.6) is 0 Å². The van der Waals surface area contributed by atoms with Crippen LogP contribution in [0.25, 0.3) is 0 Å². The number of hydrogen-bond acceptors (Lipinski definition) is 3. The van der Waals surface area contributed by atoms with Crippen LogP contribution in [0.1, 0.15) is 26.2 Å². The van der Waals surface area contributed by atoms with Gasteiger partial charge in [-0.2, -0.15) is 0 Å². The summed E-state index contributed by atoms with van der Waals surface area (Å²) in [6, 6.07) is 0.125. The summed E-state index contributed by atoms with van der Waals surface area (Å²) in [5.74, 6) is 0.331. The van der Waals surface area contributed by atoms with Crippen molar-refractivity contribution in [1.82, 2.24) is 0 Å². The first kappa shape index (κ1) is 9.96. The molecule has 0 spiro atoms. The van der Waals surface area contributed by atoms with Gasteiger partial charge in [-0.1, -0.05) is 0 Å². The normalized spacial score (nSPS) is 28.8. The quantitative estimate of drug-likeness (QED) is 0.651. The molecule has 3 heteroatoms. The maximum absolute atomic E-state index is 8.83. The molecule has 1 fully saturated rings. The molecule has 0 saturated carbocycles. The van der Waals surface area contributed by atoms with Crippen molar-refractivity contribution in [3.63, 3.8) is 0 Å². The molecular weight excluding hydrogens is 154 g/mol. The number of nitrogens with two attached hydrogens (primary N) is 1. The highest BCUT2D eigenvalue weighted by atomic mass is 16.5. The van der Waals surface area contributed by atoms with Crippen LogP contribution in [0.4, 0.5) is 0 Å². The molecule has 3 nitrogen and oxygen atoms in total. The van der Waals surface area contributed by atoms with E-state index in [0.717, 1.165) is 25.9 Å². The van der Waals surface area contributed by atoms with E-state index in [-0.39, 0.29) is 18.8 Å². The molecule has 0 aromatic rings. The van der Waals surface area contributed by atoms with Gasteiger partial charge in [0, 0.05) is 25.2 Å². The molecule has 1 aliphatic rings. The van der Waals surface area contributed by atoms with E-state index in [1.165, 1.54) is 0 Å². The zero-order chi connectivity index (χ0) is 8.97. The predicted molar refractivity (Wildman–Crippen MR) is 47.8 cm³/mol. The highest BCUT2D eigenvalue weighted by molar-refractivity contribution is 4.80. The lowest BCUT2D eigenvalue weighted by Gasteiger charge is -2.25. The van der Waals surface area contributed by atoms with Crippen LogP contribution in [0.3, 0.4) is 0 Å². The van der Waals surface area contributed by atoms with E-state index in [0.29, 0.717) is 5.92 Å². The highest BCUT2D eigenvalue weighted by Crippen LogP contribution is 2.24. The van der Waals surface area contributed by atoms with Gasteiger partial charge in [-0.3, -0.25) is 0 Å². The lowest BCUT2D eigenvalue weighted by atomic mass is 9.91. The van der Waals surface area contributed by atoms with E-state index >= 15 is 0 Å². The Hall–Kier alpha value is -0.120. The molecule has 0 aromatic carbocycles. The van der Waals surface area contributed by atoms with Crippen LogP contribution < -0.4 is 5.73 Å². The molecule has 1 rings (SSSR count). The van der Waals surface area contributed by atoms with Crippen molar-refractivity contribution >= 4 is 0 Å². The van der Waals surface area contributed by atoms with Crippen molar-refractivity contribution < 1.29 is 9.84 Å². The van der Waals surface area contributed by atoms with Gasteiger partial charge in [0.2, 0.25) is 0 Å². The smallest absolute Gasteiger partial charge is 0.0619 e. The van der Waals surface area contributed by atoms with Gasteiger partial charge in [0.15, 0.2) is 0 Å². The number of hydrogen-bond donors (Lipinski definition) is 2. The van der Waals surface area contributed by atoms with Gasteiger partial charge in [0.05, 0.1) is 6.10 Å². The molecule has 0 aromatic heterocycles. The zero-order valence-electron chi connectivity index (χ0n) is 7.70. The SMILES string of the molecule is CC(N)C(CCO)C1CCCO1. The third-order valence-electron chi connectivity index (χ3n) is 2.58. The van der Waals surface area contributed by atoms with Crippen LogP contribution >= 0.6 is 0 Å². The van der Waals surface area contributed by atoms with Crippen LogP contribution in [-0.2, 0) is 4.74 Å². The van der Waals surface area contributed by atoms with Gasteiger partial charge in [-0.05, 0) is 26.2 Å². The van der Waals surface area contributed by atoms with Crippen molar-refractivity contribution in [2.75, 3.05) is 13.2 Å². The molecule has 0 radical (unpaired) electrons. The fourth-order valence-electron chi connectivity index (χ4n) is 1.88. The Morgan fingerprint density at radius 3 is 2.83 bits per heavy atom. The van der Waals surface area contributed by atoms with Crippen molar-refractivity contribution in [2.24, 2.45) is 11.7 Å². The first-order chi connectivity index (χ1) is 5.75. The Balaban J connectivity index is 2.40. The fraction of sp³-hybridized carbons (Fsp3) is 1.00. The minimum atomic E-state index is 0.125. The molecule has 72 valence electrons. The average molecular weight is 173 g/mol. The van der Waals surface area contributed by atoms with E-state index in [1.54, 1.807) is 0 Å². The van der Waals surface area contributed by atoms with Gasteiger partial charge in [-0.25, -0.2) is 0 Å². The molecule has 3 N–H and O–H groups in total. The summed E-state index contributed by atoms with van der Waals surface area (Å²) >= 11 is 0. The van der Waals surface area contributed by atoms with E-state index in [2.05, 4.69) is 0 Å². The first-order valence-electron chi connectivity index (χ1n) is 4.73. The number of ether oxygens (including phenoxy) is 1. The second kappa shape index (κ2) is 4.80. The second-order valence-electron chi connectivity index (χ2n) is 3.59. The Morgan fingerprint density at radius 1 is 1.67 bits per heavy atom. The summed E-state index contributed by atoms with van der Waals surface area (Å²) in [6.45, 7) is 3.06. The van der Waals surface area contributed by atoms with E-state index in [9.17, 15) is 0 Å². The summed E-state index contributed by atoms with van der Waals surface area (Å²) in [7, 11) is 0. The molecule has 3 atom stereocenters. The van der Waals surface area contributed by atoms with Crippen LogP contribution in [0.2, 0.25) is 0 Å². The summed E-state index contributed by atoms with van der Waals surface area (Å²) < 4.78 is 5.54. The third kappa shape index (κ3) is 2.44. The lowest BCUT2D eigenvalue weighted by Crippen LogP contribution is -2.36. The zero-order valence-corrected chi connectivity index (χ0v) is 7.70. The number of rotatable bonds is 4. The molecule has 0 aliphatic carbocycles. The minimum Gasteiger partial charge on any atom is -0.396 e. The summed E-state index contributed by atoms with van der Waals surface area (Å²) in [5.41, 5.74) is 5.81. The molecule has 1 saturated heterocycles. The standard InChI is InChI=1S/C9H19NO2/c1-7(10)8(4-5-11)9-3-2-6-12-9/h7-9,11H,2-6,10H2,1H3. The number of aliphatic hydroxyl groups excluding tert-OH is 1. The molecule has 1 aliphatic heterocycles. The van der Waals surface area contributed by atoms with Crippen molar-refractivity contribution in [1.29, 1.82) is 0 Å². The Kier molecular flexibility index (Phi) is 3.98. The largest absolute Gasteiger partial charge is 0.396 e.